The fraction of sp³-hybridized carbons (Fsp3) is 0.226. The molecule has 0 atom stereocenters. The molecule has 0 aromatic heterocycles. The summed E-state index contributed by atoms with van der Waals surface area (Å²) in [5.74, 6) is -0.755. The molecular formula is C31H31NO5. The van der Waals surface area contributed by atoms with Gasteiger partial charge in [0.05, 0.1) is 19.8 Å². The van der Waals surface area contributed by atoms with Crippen LogP contribution in [0.15, 0.2) is 84.9 Å². The molecule has 37 heavy (non-hydrogen) atoms. The van der Waals surface area contributed by atoms with Crippen LogP contribution >= 0.6 is 0 Å². The smallest absolute Gasteiger partial charge is 0.328 e. The molecule has 1 heterocycles. The van der Waals surface area contributed by atoms with Crippen LogP contribution in [0.1, 0.15) is 35.6 Å². The maximum Gasteiger partial charge on any atom is 0.328 e. The molecule has 4 rings (SSSR count). The van der Waals surface area contributed by atoms with Crippen LogP contribution in [0, 0.1) is 0 Å². The Hall–Kier alpha value is -4.00. The van der Waals surface area contributed by atoms with Gasteiger partial charge in [0.1, 0.15) is 5.75 Å². The number of morpholine rings is 1. The molecule has 1 aliphatic heterocycles. The quantitative estimate of drug-likeness (QED) is 0.185. The van der Waals surface area contributed by atoms with Gasteiger partial charge >= 0.3 is 11.9 Å². The maximum absolute atomic E-state index is 12.4. The highest BCUT2D eigenvalue weighted by molar-refractivity contribution is 5.98. The average molecular weight is 498 g/mol. The van der Waals surface area contributed by atoms with Crippen molar-refractivity contribution in [1.82, 2.24) is 4.90 Å². The Kier molecular flexibility index (Phi) is 9.03. The fourth-order valence-electron chi connectivity index (χ4n) is 4.40. The molecule has 1 N–H and O–H groups in total. The minimum Gasteiger partial charge on any atom is -0.478 e. The van der Waals surface area contributed by atoms with Crippen LogP contribution in [0.5, 0.6) is 5.75 Å². The van der Waals surface area contributed by atoms with Crippen molar-refractivity contribution in [1.29, 1.82) is 0 Å². The van der Waals surface area contributed by atoms with Gasteiger partial charge in [-0.1, -0.05) is 73.7 Å². The summed E-state index contributed by atoms with van der Waals surface area (Å²) in [5, 5.41) is 8.92. The number of allylic oxidation sites excluding steroid dienone is 1. The molecular weight excluding hydrogens is 466 g/mol. The molecule has 3 aromatic carbocycles. The molecule has 1 aliphatic rings. The summed E-state index contributed by atoms with van der Waals surface area (Å²) in [4.78, 5) is 25.3. The number of ether oxygens (including phenoxy) is 2. The van der Waals surface area contributed by atoms with Gasteiger partial charge in [-0.15, -0.1) is 0 Å². The molecule has 3 aromatic rings. The minimum absolute atomic E-state index is 0.243. The molecule has 190 valence electrons. The van der Waals surface area contributed by atoms with Gasteiger partial charge in [-0.2, -0.15) is 0 Å². The summed E-state index contributed by atoms with van der Waals surface area (Å²) in [7, 11) is 0. The normalized spacial score (nSPS) is 14.8. The zero-order valence-corrected chi connectivity index (χ0v) is 20.9. The number of carbonyl (C=O) groups is 2. The van der Waals surface area contributed by atoms with E-state index in [9.17, 15) is 9.59 Å². The SMILES string of the molecule is CC/C(=C(/c1ccc(/C=C/C(=O)O)cc1)c1ccc(OC(=O)CN2CCOCC2)cc1)c1ccccc1. The first-order chi connectivity index (χ1) is 18.0. The number of aliphatic carboxylic acids is 1. The molecule has 1 fully saturated rings. The van der Waals surface area contributed by atoms with E-state index in [1.165, 1.54) is 5.57 Å². The Morgan fingerprint density at radius 1 is 0.892 bits per heavy atom. The van der Waals surface area contributed by atoms with Crippen molar-refractivity contribution < 1.29 is 24.2 Å². The monoisotopic (exact) mass is 497 g/mol. The highest BCUT2D eigenvalue weighted by atomic mass is 16.5. The van der Waals surface area contributed by atoms with Gasteiger partial charge in [0.25, 0.3) is 0 Å². The lowest BCUT2D eigenvalue weighted by atomic mass is 9.88. The summed E-state index contributed by atoms with van der Waals surface area (Å²) in [6, 6.07) is 25.7. The van der Waals surface area contributed by atoms with E-state index < -0.39 is 5.97 Å². The van der Waals surface area contributed by atoms with Crippen molar-refractivity contribution in [2.75, 3.05) is 32.8 Å². The van der Waals surface area contributed by atoms with Crippen molar-refractivity contribution in [3.63, 3.8) is 0 Å². The Bertz CT molecular complexity index is 1260. The lowest BCUT2D eigenvalue weighted by Gasteiger charge is -2.25. The lowest BCUT2D eigenvalue weighted by Crippen LogP contribution is -2.40. The van der Waals surface area contributed by atoms with Gasteiger partial charge in [0.15, 0.2) is 0 Å². The van der Waals surface area contributed by atoms with Crippen LogP contribution in [-0.4, -0.2) is 54.8 Å². The second-order valence-corrected chi connectivity index (χ2v) is 8.75. The molecule has 0 aliphatic carbocycles. The Morgan fingerprint density at radius 3 is 2.11 bits per heavy atom. The number of hydrogen-bond acceptors (Lipinski definition) is 5. The minimum atomic E-state index is -0.979. The van der Waals surface area contributed by atoms with Crippen LogP contribution in [0.3, 0.4) is 0 Å². The van der Waals surface area contributed by atoms with Crippen LogP contribution in [-0.2, 0) is 14.3 Å². The van der Waals surface area contributed by atoms with Crippen molar-refractivity contribution in [3.8, 4) is 5.75 Å². The first-order valence-corrected chi connectivity index (χ1v) is 12.4. The number of carbonyl (C=O) groups excluding carboxylic acids is 1. The summed E-state index contributed by atoms with van der Waals surface area (Å²) >= 11 is 0. The lowest BCUT2D eigenvalue weighted by molar-refractivity contribution is -0.136. The van der Waals surface area contributed by atoms with Gasteiger partial charge in [-0.3, -0.25) is 9.69 Å². The Morgan fingerprint density at radius 2 is 1.51 bits per heavy atom. The molecule has 0 unspecified atom stereocenters. The zero-order chi connectivity index (χ0) is 26.0. The third kappa shape index (κ3) is 7.26. The summed E-state index contributed by atoms with van der Waals surface area (Å²) in [5.41, 5.74) is 6.23. The third-order valence-corrected chi connectivity index (χ3v) is 6.23. The van der Waals surface area contributed by atoms with Gasteiger partial charge in [-0.25, -0.2) is 4.79 Å². The molecule has 0 amide bonds. The molecule has 1 saturated heterocycles. The largest absolute Gasteiger partial charge is 0.478 e. The standard InChI is InChI=1S/C31H31NO5/c1-2-28(24-6-4-3-5-7-24)31(25-11-8-23(9-12-25)10-17-29(33)34)26-13-15-27(16-14-26)37-30(35)22-32-18-20-36-21-19-32/h3-17H,2,18-22H2,1H3,(H,33,34)/b17-10+,31-28+. The van der Waals surface area contributed by atoms with Crippen molar-refractivity contribution in [2.45, 2.75) is 13.3 Å². The van der Waals surface area contributed by atoms with Crippen molar-refractivity contribution in [2.24, 2.45) is 0 Å². The predicted molar refractivity (Wildman–Crippen MR) is 145 cm³/mol. The van der Waals surface area contributed by atoms with Crippen LogP contribution in [0.2, 0.25) is 0 Å². The Balaban J connectivity index is 1.63. The molecule has 6 heteroatoms. The summed E-state index contributed by atoms with van der Waals surface area (Å²) in [6.45, 7) is 5.10. The zero-order valence-electron chi connectivity index (χ0n) is 20.9. The molecule has 0 bridgehead atoms. The molecule has 0 radical (unpaired) electrons. The van der Waals surface area contributed by atoms with Crippen molar-refractivity contribution >= 4 is 29.2 Å². The van der Waals surface area contributed by atoms with E-state index in [0.29, 0.717) is 19.0 Å². The van der Waals surface area contributed by atoms with E-state index in [-0.39, 0.29) is 12.5 Å². The van der Waals surface area contributed by atoms with E-state index in [4.69, 9.17) is 14.6 Å². The molecule has 0 spiro atoms. The number of rotatable bonds is 9. The van der Waals surface area contributed by atoms with Crippen molar-refractivity contribution in [3.05, 3.63) is 107 Å². The molecule has 0 saturated carbocycles. The first kappa shape index (κ1) is 26.1. The highest BCUT2D eigenvalue weighted by Gasteiger charge is 2.17. The predicted octanol–water partition coefficient (Wildman–Crippen LogP) is 5.39. The number of carboxylic acids is 1. The van der Waals surface area contributed by atoms with Crippen LogP contribution < -0.4 is 4.74 Å². The van der Waals surface area contributed by atoms with Gasteiger partial charge in [0.2, 0.25) is 0 Å². The number of benzene rings is 3. The van der Waals surface area contributed by atoms with E-state index in [2.05, 4.69) is 19.1 Å². The second-order valence-electron chi connectivity index (χ2n) is 8.75. The highest BCUT2D eigenvalue weighted by Crippen LogP contribution is 2.35. The average Bonchev–Trinajstić information content (AvgIpc) is 2.92. The number of carboxylic acid groups (broad SMARTS) is 1. The van der Waals surface area contributed by atoms with Crippen LogP contribution in [0.4, 0.5) is 0 Å². The number of esters is 1. The summed E-state index contributed by atoms with van der Waals surface area (Å²) in [6.07, 6.45) is 3.52. The number of hydrogen-bond donors (Lipinski definition) is 1. The van der Waals surface area contributed by atoms with E-state index in [1.54, 1.807) is 6.08 Å². The topological polar surface area (TPSA) is 76.1 Å². The summed E-state index contributed by atoms with van der Waals surface area (Å²) < 4.78 is 10.9. The van der Waals surface area contributed by atoms with E-state index in [0.717, 1.165) is 53.4 Å². The van der Waals surface area contributed by atoms with Gasteiger partial charge < -0.3 is 14.6 Å². The maximum atomic E-state index is 12.4. The van der Waals surface area contributed by atoms with Crippen LogP contribution in [0.25, 0.3) is 17.2 Å². The fourth-order valence-corrected chi connectivity index (χ4v) is 4.40. The van der Waals surface area contributed by atoms with Gasteiger partial charge in [-0.05, 0) is 58.0 Å². The second kappa shape index (κ2) is 12.8. The van der Waals surface area contributed by atoms with Gasteiger partial charge in [0, 0.05) is 19.2 Å². The number of nitrogens with zero attached hydrogens (tertiary/aromatic N) is 1. The molecule has 6 nitrogen and oxygen atoms in total. The Labute approximate surface area is 217 Å². The third-order valence-electron chi connectivity index (χ3n) is 6.23. The first-order valence-electron chi connectivity index (χ1n) is 12.4. The van der Waals surface area contributed by atoms with E-state index in [1.807, 2.05) is 71.6 Å². The van der Waals surface area contributed by atoms with E-state index >= 15 is 0 Å².